The summed E-state index contributed by atoms with van der Waals surface area (Å²) in [7, 11) is 1.54. The van der Waals surface area contributed by atoms with Gasteiger partial charge in [0.15, 0.2) is 0 Å². The highest BCUT2D eigenvalue weighted by molar-refractivity contribution is 6.46. The van der Waals surface area contributed by atoms with Crippen LogP contribution in [0.5, 0.6) is 5.75 Å². The van der Waals surface area contributed by atoms with Crippen LogP contribution in [0.1, 0.15) is 17.2 Å². The number of hydrogen-bond acceptors (Lipinski definition) is 4. The molecule has 0 unspecified atom stereocenters. The first-order valence-corrected chi connectivity index (χ1v) is 7.09. The van der Waals surface area contributed by atoms with Crippen LogP contribution in [0.15, 0.2) is 60.2 Å². The number of carbonyl (C=O) groups is 2. The molecular weight excluding hydrogens is 294 g/mol. The zero-order valence-electron chi connectivity index (χ0n) is 12.4. The zero-order valence-corrected chi connectivity index (χ0v) is 12.4. The fourth-order valence-corrected chi connectivity index (χ4v) is 2.57. The van der Waals surface area contributed by atoms with E-state index in [4.69, 9.17) is 4.74 Å². The molecule has 0 radical (unpaired) electrons. The number of methoxy groups -OCH3 is 1. The molecule has 2 N–H and O–H groups in total. The van der Waals surface area contributed by atoms with E-state index in [1.165, 1.54) is 0 Å². The molecule has 1 atom stereocenters. The predicted octanol–water partition coefficient (Wildman–Crippen LogP) is 2.40. The zero-order chi connectivity index (χ0) is 16.4. The summed E-state index contributed by atoms with van der Waals surface area (Å²) in [4.78, 5) is 24.0. The van der Waals surface area contributed by atoms with E-state index in [1.807, 2.05) is 18.2 Å². The number of rotatable bonds is 3. The van der Waals surface area contributed by atoms with Gasteiger partial charge in [0, 0.05) is 5.56 Å². The van der Waals surface area contributed by atoms with Crippen LogP contribution in [0.2, 0.25) is 0 Å². The van der Waals surface area contributed by atoms with Crippen molar-refractivity contribution < 1.29 is 19.4 Å². The van der Waals surface area contributed by atoms with Crippen LogP contribution in [0, 0.1) is 0 Å². The maximum Gasteiger partial charge on any atom is 0.293 e. The second-order valence-corrected chi connectivity index (χ2v) is 5.14. The van der Waals surface area contributed by atoms with Gasteiger partial charge in [0.05, 0.1) is 18.7 Å². The van der Waals surface area contributed by atoms with Crippen molar-refractivity contribution in [1.29, 1.82) is 0 Å². The molecule has 1 fully saturated rings. The Morgan fingerprint density at radius 3 is 2.30 bits per heavy atom. The van der Waals surface area contributed by atoms with E-state index in [0.29, 0.717) is 11.3 Å². The van der Waals surface area contributed by atoms with Gasteiger partial charge in [0.25, 0.3) is 11.7 Å². The maximum absolute atomic E-state index is 12.2. The van der Waals surface area contributed by atoms with E-state index >= 15 is 0 Å². The number of aliphatic hydroxyl groups excluding tert-OH is 1. The highest BCUT2D eigenvalue weighted by Crippen LogP contribution is 2.33. The number of benzene rings is 2. The van der Waals surface area contributed by atoms with Gasteiger partial charge >= 0.3 is 0 Å². The summed E-state index contributed by atoms with van der Waals surface area (Å²) in [5, 5.41) is 13.1. The summed E-state index contributed by atoms with van der Waals surface area (Å²) in [6.07, 6.45) is 0. The second kappa shape index (κ2) is 5.96. The first kappa shape index (κ1) is 14.8. The highest BCUT2D eigenvalue weighted by atomic mass is 16.5. The fraction of sp³-hybridized carbons (Fsp3) is 0.111. The number of ketones is 1. The van der Waals surface area contributed by atoms with Gasteiger partial charge in [0.1, 0.15) is 11.5 Å². The van der Waals surface area contributed by atoms with Crippen LogP contribution in [-0.4, -0.2) is 23.9 Å². The Hall–Kier alpha value is -3.08. The van der Waals surface area contributed by atoms with E-state index in [2.05, 4.69) is 5.32 Å². The van der Waals surface area contributed by atoms with E-state index in [-0.39, 0.29) is 11.3 Å². The summed E-state index contributed by atoms with van der Waals surface area (Å²) in [6, 6.07) is 15.0. The summed E-state index contributed by atoms with van der Waals surface area (Å²) in [5.41, 5.74) is 1.25. The smallest absolute Gasteiger partial charge is 0.293 e. The molecule has 0 spiro atoms. The molecule has 0 saturated carbocycles. The van der Waals surface area contributed by atoms with Gasteiger partial charge in [-0.3, -0.25) is 9.59 Å². The van der Waals surface area contributed by atoms with E-state index in [9.17, 15) is 14.7 Å². The molecule has 0 aromatic heterocycles. The molecule has 2 aromatic rings. The third-order valence-electron chi connectivity index (χ3n) is 3.77. The second-order valence-electron chi connectivity index (χ2n) is 5.14. The molecule has 5 nitrogen and oxygen atoms in total. The Morgan fingerprint density at radius 1 is 1.04 bits per heavy atom. The van der Waals surface area contributed by atoms with Gasteiger partial charge < -0.3 is 15.2 Å². The number of amides is 1. The topological polar surface area (TPSA) is 75.6 Å². The standard InChI is InChI=1S/C18H15NO4/c1-23-13-9-7-12(8-10-13)16(20)14-15(19-18(22)17(14)21)11-5-3-2-4-6-11/h2-10,15,20H,1H3,(H,19,22)/b16-14+/t15-/m1/s1. The van der Waals surface area contributed by atoms with Crippen molar-refractivity contribution in [3.05, 3.63) is 71.3 Å². The summed E-state index contributed by atoms with van der Waals surface area (Å²) in [5.74, 6) is -0.996. The normalized spacial score (nSPS) is 19.4. The largest absolute Gasteiger partial charge is 0.507 e. The Morgan fingerprint density at radius 2 is 1.70 bits per heavy atom. The van der Waals surface area contributed by atoms with Crippen molar-refractivity contribution in [3.63, 3.8) is 0 Å². The maximum atomic E-state index is 12.2. The number of ether oxygens (including phenoxy) is 1. The average molecular weight is 309 g/mol. The number of nitrogens with one attached hydrogen (secondary N) is 1. The lowest BCUT2D eigenvalue weighted by Gasteiger charge is -2.13. The Balaban J connectivity index is 2.08. The first-order chi connectivity index (χ1) is 11.1. The van der Waals surface area contributed by atoms with Crippen molar-refractivity contribution in [1.82, 2.24) is 5.32 Å². The summed E-state index contributed by atoms with van der Waals surface area (Å²) in [6.45, 7) is 0. The molecular formula is C18H15NO4. The van der Waals surface area contributed by atoms with Gasteiger partial charge in [-0.1, -0.05) is 30.3 Å². The lowest BCUT2D eigenvalue weighted by atomic mass is 9.96. The predicted molar refractivity (Wildman–Crippen MR) is 84.9 cm³/mol. The third kappa shape index (κ3) is 2.68. The molecule has 1 saturated heterocycles. The molecule has 0 aliphatic carbocycles. The molecule has 3 rings (SSSR count). The highest BCUT2D eigenvalue weighted by Gasteiger charge is 2.39. The minimum atomic E-state index is -0.716. The van der Waals surface area contributed by atoms with Gasteiger partial charge in [-0.05, 0) is 29.8 Å². The van der Waals surface area contributed by atoms with E-state index in [0.717, 1.165) is 5.56 Å². The van der Waals surface area contributed by atoms with Crippen LogP contribution < -0.4 is 10.1 Å². The van der Waals surface area contributed by atoms with E-state index < -0.39 is 17.7 Å². The minimum Gasteiger partial charge on any atom is -0.507 e. The molecule has 1 aliphatic heterocycles. The lowest BCUT2D eigenvalue weighted by Crippen LogP contribution is -2.21. The van der Waals surface area contributed by atoms with Crippen LogP contribution in [0.4, 0.5) is 0 Å². The van der Waals surface area contributed by atoms with Crippen molar-refractivity contribution >= 4 is 17.4 Å². The molecule has 5 heteroatoms. The fourth-order valence-electron chi connectivity index (χ4n) is 2.57. The quantitative estimate of drug-likeness (QED) is 0.518. The van der Waals surface area contributed by atoms with Crippen LogP contribution in [0.25, 0.3) is 5.76 Å². The van der Waals surface area contributed by atoms with Gasteiger partial charge in [-0.15, -0.1) is 0 Å². The van der Waals surface area contributed by atoms with Crippen LogP contribution >= 0.6 is 0 Å². The minimum absolute atomic E-state index is 0.0615. The molecule has 0 bridgehead atoms. The number of carbonyl (C=O) groups excluding carboxylic acids is 2. The summed E-state index contributed by atoms with van der Waals surface area (Å²) < 4.78 is 5.07. The Bertz CT molecular complexity index is 778. The molecule has 1 amide bonds. The van der Waals surface area contributed by atoms with Crippen molar-refractivity contribution in [2.45, 2.75) is 6.04 Å². The van der Waals surface area contributed by atoms with Crippen LogP contribution in [-0.2, 0) is 9.59 Å². The molecule has 23 heavy (non-hydrogen) atoms. The van der Waals surface area contributed by atoms with E-state index in [1.54, 1.807) is 43.5 Å². The molecule has 1 aliphatic rings. The van der Waals surface area contributed by atoms with Gasteiger partial charge in [-0.2, -0.15) is 0 Å². The van der Waals surface area contributed by atoms with Crippen molar-refractivity contribution in [3.8, 4) is 5.75 Å². The lowest BCUT2D eigenvalue weighted by molar-refractivity contribution is -0.133. The number of Topliss-reactive ketones (excluding diaryl/α,β-unsaturated/α-hetero) is 1. The average Bonchev–Trinajstić information content (AvgIpc) is 2.90. The van der Waals surface area contributed by atoms with Gasteiger partial charge in [0.2, 0.25) is 0 Å². The van der Waals surface area contributed by atoms with Crippen molar-refractivity contribution in [2.75, 3.05) is 7.11 Å². The van der Waals surface area contributed by atoms with Gasteiger partial charge in [-0.25, -0.2) is 0 Å². The van der Waals surface area contributed by atoms with Crippen molar-refractivity contribution in [2.24, 2.45) is 0 Å². The first-order valence-electron chi connectivity index (χ1n) is 7.09. The molecule has 1 heterocycles. The monoisotopic (exact) mass is 309 g/mol. The molecule has 2 aromatic carbocycles. The molecule has 116 valence electrons. The number of hydrogen-bond donors (Lipinski definition) is 2. The third-order valence-corrected chi connectivity index (χ3v) is 3.77. The Kier molecular flexibility index (Phi) is 3.85. The van der Waals surface area contributed by atoms with Crippen LogP contribution in [0.3, 0.4) is 0 Å². The number of aliphatic hydroxyl groups is 1. The SMILES string of the molecule is COc1ccc(/C(O)=C2\C(=O)C(=O)N[C@@H]2c2ccccc2)cc1. The summed E-state index contributed by atoms with van der Waals surface area (Å²) >= 11 is 0. The Labute approximate surface area is 133 Å².